The first-order chi connectivity index (χ1) is 12.1. The van der Waals surface area contributed by atoms with E-state index in [4.69, 9.17) is 9.88 Å². The lowest BCUT2D eigenvalue weighted by atomic mass is 10.1. The molecular formula is C17H22N2O5S2. The second-order valence-corrected chi connectivity index (χ2v) is 8.98. The lowest BCUT2D eigenvalue weighted by Gasteiger charge is -2.13. The number of sulfonamides is 2. The number of nitrogens with one attached hydrogen (secondary N) is 1. The Kier molecular flexibility index (Phi) is 6.40. The second kappa shape index (κ2) is 8.17. The average molecular weight is 399 g/mol. The quantitative estimate of drug-likeness (QED) is 0.655. The molecule has 0 atom stereocenters. The number of primary sulfonamides is 1. The van der Waals surface area contributed by atoms with Crippen molar-refractivity contribution in [2.75, 3.05) is 13.2 Å². The summed E-state index contributed by atoms with van der Waals surface area (Å²) < 4.78 is 55.5. The van der Waals surface area contributed by atoms with Crippen LogP contribution in [0.3, 0.4) is 0 Å². The van der Waals surface area contributed by atoms with Gasteiger partial charge in [-0.3, -0.25) is 0 Å². The zero-order chi connectivity index (χ0) is 19.4. The van der Waals surface area contributed by atoms with Crippen molar-refractivity contribution in [3.05, 3.63) is 53.6 Å². The second-order valence-electron chi connectivity index (χ2n) is 5.68. The van der Waals surface area contributed by atoms with Gasteiger partial charge in [0, 0.05) is 6.54 Å². The number of hydrogen-bond donors (Lipinski definition) is 2. The summed E-state index contributed by atoms with van der Waals surface area (Å²) in [6.07, 6.45) is 0.549. The van der Waals surface area contributed by atoms with Crippen molar-refractivity contribution in [2.24, 2.45) is 5.14 Å². The molecule has 0 saturated carbocycles. The standard InChI is InChI=1S/C17H22N2O5S2/c1-3-14-12-15(25(18,20)21)8-9-16(14)24-11-10-19-26(22,23)17-7-5-4-6-13(17)2/h4-9,12,19H,3,10-11H2,1-2H3,(H2,18,20,21). The van der Waals surface area contributed by atoms with Crippen molar-refractivity contribution in [1.82, 2.24) is 4.72 Å². The Hall–Kier alpha value is -1.94. The van der Waals surface area contributed by atoms with Gasteiger partial charge >= 0.3 is 0 Å². The summed E-state index contributed by atoms with van der Waals surface area (Å²) in [6, 6.07) is 11.1. The van der Waals surface area contributed by atoms with Crippen LogP contribution in [0.1, 0.15) is 18.1 Å². The minimum atomic E-state index is -3.78. The van der Waals surface area contributed by atoms with Gasteiger partial charge < -0.3 is 4.74 Å². The first-order valence-electron chi connectivity index (χ1n) is 7.99. The summed E-state index contributed by atoms with van der Waals surface area (Å²) in [5, 5.41) is 5.12. The molecule has 0 spiro atoms. The van der Waals surface area contributed by atoms with Gasteiger partial charge in [0.15, 0.2) is 0 Å². The maximum atomic E-state index is 12.3. The van der Waals surface area contributed by atoms with E-state index in [0.29, 0.717) is 23.3 Å². The molecule has 2 rings (SSSR count). The fraction of sp³-hybridized carbons (Fsp3) is 0.294. The fourth-order valence-electron chi connectivity index (χ4n) is 2.42. The van der Waals surface area contributed by atoms with E-state index in [9.17, 15) is 16.8 Å². The molecule has 2 aromatic rings. The van der Waals surface area contributed by atoms with Crippen LogP contribution in [0.15, 0.2) is 52.3 Å². The lowest BCUT2D eigenvalue weighted by molar-refractivity contribution is 0.319. The van der Waals surface area contributed by atoms with Crippen LogP contribution in [0.2, 0.25) is 0 Å². The molecule has 0 aliphatic carbocycles. The van der Waals surface area contributed by atoms with Crippen LogP contribution < -0.4 is 14.6 Å². The van der Waals surface area contributed by atoms with Gasteiger partial charge in [0.05, 0.1) is 9.79 Å². The molecule has 0 aliphatic rings. The van der Waals surface area contributed by atoms with E-state index in [1.165, 1.54) is 18.2 Å². The molecule has 0 fully saturated rings. The molecule has 2 aromatic carbocycles. The van der Waals surface area contributed by atoms with Gasteiger partial charge in [0.1, 0.15) is 12.4 Å². The molecule has 0 unspecified atom stereocenters. The average Bonchev–Trinajstić information content (AvgIpc) is 2.58. The molecule has 9 heteroatoms. The first-order valence-corrected chi connectivity index (χ1v) is 11.0. The highest BCUT2D eigenvalue weighted by atomic mass is 32.2. The van der Waals surface area contributed by atoms with Gasteiger partial charge in [-0.2, -0.15) is 0 Å². The molecule has 0 amide bonds. The molecule has 0 aliphatic heterocycles. The van der Waals surface area contributed by atoms with E-state index in [1.807, 2.05) is 6.92 Å². The van der Waals surface area contributed by atoms with E-state index in [0.717, 1.165) is 0 Å². The van der Waals surface area contributed by atoms with Crippen LogP contribution in [0.25, 0.3) is 0 Å². The zero-order valence-electron chi connectivity index (χ0n) is 14.6. The lowest BCUT2D eigenvalue weighted by Crippen LogP contribution is -2.28. The number of nitrogens with two attached hydrogens (primary N) is 1. The van der Waals surface area contributed by atoms with Gasteiger partial charge in [-0.1, -0.05) is 25.1 Å². The summed E-state index contributed by atoms with van der Waals surface area (Å²) >= 11 is 0. The summed E-state index contributed by atoms with van der Waals surface area (Å²) in [4.78, 5) is 0.244. The van der Waals surface area contributed by atoms with E-state index >= 15 is 0 Å². The molecule has 0 heterocycles. The first kappa shape index (κ1) is 20.4. The molecule has 7 nitrogen and oxygen atoms in total. The Bertz CT molecular complexity index is 986. The Morgan fingerprint density at radius 1 is 1.08 bits per heavy atom. The van der Waals surface area contributed by atoms with Gasteiger partial charge in [0.25, 0.3) is 0 Å². The fourth-order valence-corrected chi connectivity index (χ4v) is 4.24. The number of rotatable bonds is 8. The Morgan fingerprint density at radius 3 is 2.38 bits per heavy atom. The molecule has 3 N–H and O–H groups in total. The van der Waals surface area contributed by atoms with Crippen molar-refractivity contribution in [2.45, 2.75) is 30.1 Å². The minimum absolute atomic E-state index is 0.0157. The zero-order valence-corrected chi connectivity index (χ0v) is 16.2. The molecule has 0 bridgehead atoms. The molecule has 0 aromatic heterocycles. The van der Waals surface area contributed by atoms with E-state index in [1.54, 1.807) is 31.2 Å². The predicted octanol–water partition coefficient (Wildman–Crippen LogP) is 1.56. The monoisotopic (exact) mass is 398 g/mol. The number of hydrogen-bond acceptors (Lipinski definition) is 5. The van der Waals surface area contributed by atoms with Crippen molar-refractivity contribution in [3.63, 3.8) is 0 Å². The van der Waals surface area contributed by atoms with E-state index < -0.39 is 20.0 Å². The van der Waals surface area contributed by atoms with Crippen molar-refractivity contribution < 1.29 is 21.6 Å². The molecule has 0 saturated heterocycles. The maximum absolute atomic E-state index is 12.3. The van der Waals surface area contributed by atoms with Crippen molar-refractivity contribution in [1.29, 1.82) is 0 Å². The van der Waals surface area contributed by atoms with Gasteiger partial charge in [0.2, 0.25) is 20.0 Å². The highest BCUT2D eigenvalue weighted by molar-refractivity contribution is 7.89. The largest absolute Gasteiger partial charge is 0.492 e. The third-order valence-electron chi connectivity index (χ3n) is 3.78. The summed E-state index contributed by atoms with van der Waals surface area (Å²) in [5.41, 5.74) is 1.34. The molecular weight excluding hydrogens is 376 g/mol. The minimum Gasteiger partial charge on any atom is -0.492 e. The maximum Gasteiger partial charge on any atom is 0.240 e. The van der Waals surface area contributed by atoms with Crippen LogP contribution in [-0.4, -0.2) is 30.0 Å². The SMILES string of the molecule is CCc1cc(S(N)(=O)=O)ccc1OCCNS(=O)(=O)c1ccccc1C. The predicted molar refractivity (Wildman–Crippen MR) is 99.1 cm³/mol. The molecule has 26 heavy (non-hydrogen) atoms. The van der Waals surface area contributed by atoms with E-state index in [2.05, 4.69) is 4.72 Å². The molecule has 142 valence electrons. The third kappa shape index (κ3) is 5.04. The van der Waals surface area contributed by atoms with Crippen LogP contribution in [-0.2, 0) is 26.5 Å². The highest BCUT2D eigenvalue weighted by Crippen LogP contribution is 2.22. The van der Waals surface area contributed by atoms with E-state index in [-0.39, 0.29) is 22.9 Å². The summed E-state index contributed by atoms with van der Waals surface area (Å²) in [7, 11) is -7.39. The Balaban J connectivity index is 2.01. The number of ether oxygens (including phenoxy) is 1. The third-order valence-corrected chi connectivity index (χ3v) is 6.31. The smallest absolute Gasteiger partial charge is 0.240 e. The normalized spacial score (nSPS) is 12.1. The van der Waals surface area contributed by atoms with Gasteiger partial charge in [-0.05, 0) is 48.7 Å². The molecule has 0 radical (unpaired) electrons. The van der Waals surface area contributed by atoms with Crippen LogP contribution in [0.4, 0.5) is 0 Å². The highest BCUT2D eigenvalue weighted by Gasteiger charge is 2.16. The van der Waals surface area contributed by atoms with Crippen molar-refractivity contribution in [3.8, 4) is 5.75 Å². The summed E-state index contributed by atoms with van der Waals surface area (Å²) in [5.74, 6) is 0.495. The summed E-state index contributed by atoms with van der Waals surface area (Å²) in [6.45, 7) is 3.77. The van der Waals surface area contributed by atoms with Gasteiger partial charge in [-0.25, -0.2) is 26.7 Å². The Labute approximate surface area is 154 Å². The number of benzene rings is 2. The topological polar surface area (TPSA) is 116 Å². The van der Waals surface area contributed by atoms with Crippen LogP contribution >= 0.6 is 0 Å². The van der Waals surface area contributed by atoms with Crippen LogP contribution in [0, 0.1) is 6.92 Å². The Morgan fingerprint density at radius 2 is 1.77 bits per heavy atom. The van der Waals surface area contributed by atoms with Crippen LogP contribution in [0.5, 0.6) is 5.75 Å². The van der Waals surface area contributed by atoms with Crippen molar-refractivity contribution >= 4 is 20.0 Å². The van der Waals surface area contributed by atoms with Gasteiger partial charge in [-0.15, -0.1) is 0 Å². The number of aryl methyl sites for hydroxylation is 2.